The van der Waals surface area contributed by atoms with Crippen LogP contribution in [0, 0.1) is 0 Å². The Labute approximate surface area is 158 Å². The number of nitrogens with zero attached hydrogens (tertiary/aromatic N) is 3. The fourth-order valence-corrected chi connectivity index (χ4v) is 3.57. The van der Waals surface area contributed by atoms with Crippen molar-refractivity contribution < 1.29 is 17.6 Å². The van der Waals surface area contributed by atoms with E-state index in [1.807, 2.05) is 11.8 Å². The van der Waals surface area contributed by atoms with Crippen molar-refractivity contribution >= 4 is 28.7 Å². The first kappa shape index (κ1) is 18.1. The smallest absolute Gasteiger partial charge is 0.420 e. The Kier molecular flexibility index (Phi) is 4.47. The molecule has 1 aliphatic rings. The molecular formula is C18H16ClF3N4O. The molecule has 2 aromatic heterocycles. The number of aromatic nitrogens is 2. The second kappa shape index (κ2) is 6.69. The second-order valence-electron chi connectivity index (χ2n) is 6.41. The summed E-state index contributed by atoms with van der Waals surface area (Å²) >= 11 is 6.01. The standard InChI is InChI=1S/C18H16ClF3N4O/c1-10-9-23-6-7-26(10)17-25-15-14(18(20,21)22)12(19)8-11(16(15)27-17)13-4-2-3-5-24-13/h2-5,8,10,23H,6-7,9H2,1H3. The van der Waals surface area contributed by atoms with E-state index < -0.39 is 16.8 Å². The Morgan fingerprint density at radius 1 is 1.33 bits per heavy atom. The van der Waals surface area contributed by atoms with Gasteiger partial charge in [-0.3, -0.25) is 4.98 Å². The molecule has 0 amide bonds. The molecule has 0 bridgehead atoms. The summed E-state index contributed by atoms with van der Waals surface area (Å²) in [4.78, 5) is 10.3. The summed E-state index contributed by atoms with van der Waals surface area (Å²) < 4.78 is 46.7. The number of fused-ring (bicyclic) bond motifs is 1. The first-order valence-corrected chi connectivity index (χ1v) is 8.83. The van der Waals surface area contributed by atoms with Crippen LogP contribution in [-0.2, 0) is 6.18 Å². The number of hydrogen-bond acceptors (Lipinski definition) is 5. The van der Waals surface area contributed by atoms with E-state index >= 15 is 0 Å². The minimum absolute atomic E-state index is 0.0335. The highest BCUT2D eigenvalue weighted by Gasteiger charge is 2.39. The summed E-state index contributed by atoms with van der Waals surface area (Å²) in [5.74, 6) is 0. The first-order chi connectivity index (χ1) is 12.9. The van der Waals surface area contributed by atoms with Crippen molar-refractivity contribution in [2.24, 2.45) is 0 Å². The van der Waals surface area contributed by atoms with E-state index in [0.717, 1.165) is 0 Å². The zero-order valence-electron chi connectivity index (χ0n) is 14.3. The van der Waals surface area contributed by atoms with Crippen molar-refractivity contribution in [3.63, 3.8) is 0 Å². The van der Waals surface area contributed by atoms with Gasteiger partial charge in [-0.1, -0.05) is 17.7 Å². The molecular weight excluding hydrogens is 381 g/mol. The summed E-state index contributed by atoms with van der Waals surface area (Å²) in [6.45, 7) is 3.93. The largest absolute Gasteiger partial charge is 0.423 e. The van der Waals surface area contributed by atoms with Gasteiger partial charge >= 0.3 is 6.18 Å². The van der Waals surface area contributed by atoms with Gasteiger partial charge in [-0.25, -0.2) is 0 Å². The molecule has 9 heteroatoms. The van der Waals surface area contributed by atoms with Crippen molar-refractivity contribution in [1.29, 1.82) is 0 Å². The lowest BCUT2D eigenvalue weighted by Gasteiger charge is -2.32. The van der Waals surface area contributed by atoms with Crippen LogP contribution >= 0.6 is 11.6 Å². The number of oxazole rings is 1. The number of nitrogens with one attached hydrogen (secondary N) is 1. The SMILES string of the molecule is CC1CNCCN1c1nc2c(C(F)(F)F)c(Cl)cc(-c3ccccn3)c2o1. The van der Waals surface area contributed by atoms with Gasteiger partial charge in [-0.15, -0.1) is 0 Å². The highest BCUT2D eigenvalue weighted by atomic mass is 35.5. The van der Waals surface area contributed by atoms with Gasteiger partial charge in [0.05, 0.1) is 10.7 Å². The number of hydrogen-bond donors (Lipinski definition) is 1. The van der Waals surface area contributed by atoms with Gasteiger partial charge < -0.3 is 14.6 Å². The van der Waals surface area contributed by atoms with Gasteiger partial charge in [-0.05, 0) is 25.1 Å². The normalized spacial score (nSPS) is 18.3. The van der Waals surface area contributed by atoms with Crippen LogP contribution in [0.15, 0.2) is 34.9 Å². The quantitative estimate of drug-likeness (QED) is 0.697. The molecule has 0 aliphatic carbocycles. The molecule has 0 radical (unpaired) electrons. The van der Waals surface area contributed by atoms with Gasteiger partial charge in [0.15, 0.2) is 5.58 Å². The topological polar surface area (TPSA) is 54.2 Å². The molecule has 1 unspecified atom stereocenters. The Hall–Kier alpha value is -2.32. The average Bonchev–Trinajstić information content (AvgIpc) is 3.05. The van der Waals surface area contributed by atoms with Crippen molar-refractivity contribution in [2.45, 2.75) is 19.1 Å². The molecule has 27 heavy (non-hydrogen) atoms. The Balaban J connectivity index is 1.97. The zero-order valence-corrected chi connectivity index (χ0v) is 15.1. The minimum atomic E-state index is -4.65. The van der Waals surface area contributed by atoms with Crippen LogP contribution in [0.3, 0.4) is 0 Å². The second-order valence-corrected chi connectivity index (χ2v) is 6.82. The molecule has 1 aliphatic heterocycles. The fraction of sp³-hybridized carbons (Fsp3) is 0.333. The monoisotopic (exact) mass is 396 g/mol. The fourth-order valence-electron chi connectivity index (χ4n) is 3.27. The van der Waals surface area contributed by atoms with E-state index in [1.165, 1.54) is 6.07 Å². The van der Waals surface area contributed by atoms with Crippen LogP contribution in [0.5, 0.6) is 0 Å². The Morgan fingerprint density at radius 3 is 2.81 bits per heavy atom. The summed E-state index contributed by atoms with van der Waals surface area (Å²) in [6, 6.07) is 6.59. The molecule has 0 spiro atoms. The maximum Gasteiger partial charge on any atom is 0.420 e. The summed E-state index contributed by atoms with van der Waals surface area (Å²) in [6.07, 6.45) is -3.09. The maximum absolute atomic E-state index is 13.6. The number of benzene rings is 1. The molecule has 1 saturated heterocycles. The van der Waals surface area contributed by atoms with Gasteiger partial charge in [0, 0.05) is 37.4 Å². The van der Waals surface area contributed by atoms with Crippen LogP contribution in [0.25, 0.3) is 22.4 Å². The maximum atomic E-state index is 13.6. The van der Waals surface area contributed by atoms with Gasteiger partial charge in [-0.2, -0.15) is 18.2 Å². The lowest BCUT2D eigenvalue weighted by atomic mass is 10.1. The molecule has 1 N–H and O–H groups in total. The molecule has 0 saturated carbocycles. The number of halogens is 4. The highest BCUT2D eigenvalue weighted by molar-refractivity contribution is 6.33. The van der Waals surface area contributed by atoms with Crippen molar-refractivity contribution in [2.75, 3.05) is 24.5 Å². The molecule has 4 rings (SSSR count). The molecule has 1 atom stereocenters. The van der Waals surface area contributed by atoms with Crippen molar-refractivity contribution in [3.8, 4) is 11.3 Å². The first-order valence-electron chi connectivity index (χ1n) is 8.45. The Bertz CT molecular complexity index is 974. The van der Waals surface area contributed by atoms with Crippen LogP contribution in [0.2, 0.25) is 5.02 Å². The van der Waals surface area contributed by atoms with E-state index in [1.54, 1.807) is 24.4 Å². The minimum Gasteiger partial charge on any atom is -0.423 e. The van der Waals surface area contributed by atoms with E-state index in [2.05, 4.69) is 15.3 Å². The van der Waals surface area contributed by atoms with Gasteiger partial charge in [0.25, 0.3) is 6.01 Å². The average molecular weight is 397 g/mol. The summed E-state index contributed by atoms with van der Waals surface area (Å²) in [5.41, 5.74) is -0.404. The number of alkyl halides is 3. The van der Waals surface area contributed by atoms with Crippen molar-refractivity contribution in [1.82, 2.24) is 15.3 Å². The predicted octanol–water partition coefficient (Wildman–Crippen LogP) is 4.36. The predicted molar refractivity (Wildman–Crippen MR) is 96.9 cm³/mol. The van der Waals surface area contributed by atoms with Crippen LogP contribution in [0.4, 0.5) is 19.2 Å². The zero-order chi connectivity index (χ0) is 19.2. The number of pyridine rings is 1. The molecule has 1 fully saturated rings. The third kappa shape index (κ3) is 3.23. The lowest BCUT2D eigenvalue weighted by Crippen LogP contribution is -2.50. The molecule has 142 valence electrons. The Morgan fingerprint density at radius 2 is 2.15 bits per heavy atom. The number of rotatable bonds is 2. The lowest BCUT2D eigenvalue weighted by molar-refractivity contribution is -0.136. The molecule has 3 aromatic rings. The number of anilines is 1. The van der Waals surface area contributed by atoms with Crippen molar-refractivity contribution in [3.05, 3.63) is 41.0 Å². The molecule has 3 heterocycles. The third-order valence-electron chi connectivity index (χ3n) is 4.58. The third-order valence-corrected chi connectivity index (χ3v) is 4.88. The van der Waals surface area contributed by atoms with Crippen LogP contribution in [0.1, 0.15) is 12.5 Å². The molecule has 1 aromatic carbocycles. The number of piperazine rings is 1. The summed E-state index contributed by atoms with van der Waals surface area (Å²) in [7, 11) is 0. The van der Waals surface area contributed by atoms with E-state index in [4.69, 9.17) is 16.0 Å². The van der Waals surface area contributed by atoms with Gasteiger partial charge in [0.1, 0.15) is 11.1 Å². The van der Waals surface area contributed by atoms with E-state index in [-0.39, 0.29) is 23.2 Å². The van der Waals surface area contributed by atoms with Crippen LogP contribution in [-0.4, -0.2) is 35.6 Å². The summed E-state index contributed by atoms with van der Waals surface area (Å²) in [5, 5.41) is 2.80. The molecule has 5 nitrogen and oxygen atoms in total. The highest BCUT2D eigenvalue weighted by Crippen LogP contribution is 2.44. The van der Waals surface area contributed by atoms with Crippen LogP contribution < -0.4 is 10.2 Å². The van der Waals surface area contributed by atoms with Gasteiger partial charge in [0.2, 0.25) is 0 Å². The van der Waals surface area contributed by atoms with E-state index in [0.29, 0.717) is 30.9 Å². The van der Waals surface area contributed by atoms with E-state index in [9.17, 15) is 13.2 Å².